The van der Waals surface area contributed by atoms with Crippen LogP contribution < -0.4 is 4.74 Å². The van der Waals surface area contributed by atoms with Gasteiger partial charge in [0.25, 0.3) is 0 Å². The smallest absolute Gasteiger partial charge is 0.406 e. The average Bonchev–Trinajstić information content (AvgIpc) is 2.12. The van der Waals surface area contributed by atoms with Gasteiger partial charge in [-0.2, -0.15) is 0 Å². The van der Waals surface area contributed by atoms with Crippen molar-refractivity contribution in [2.24, 2.45) is 0 Å². The lowest BCUT2D eigenvalue weighted by Crippen LogP contribution is -2.17. The van der Waals surface area contributed by atoms with E-state index in [1.807, 2.05) is 25.1 Å². The van der Waals surface area contributed by atoms with Crippen molar-refractivity contribution >= 4 is 0 Å². The van der Waals surface area contributed by atoms with Crippen LogP contribution in [0.4, 0.5) is 13.2 Å². The predicted molar refractivity (Wildman–Crippen MR) is 64.7 cm³/mol. The number of hydrogen-bond donors (Lipinski definition) is 0. The number of nitrogens with zero attached hydrogens (tertiary/aromatic N) is 1. The maximum Gasteiger partial charge on any atom is 0.573 e. The molecule has 0 radical (unpaired) electrons. The molecule has 1 aromatic carbocycles. The summed E-state index contributed by atoms with van der Waals surface area (Å²) in [6.45, 7) is 2.67. The Morgan fingerprint density at radius 2 is 1.83 bits per heavy atom. The number of aryl methyl sites for hydroxylation is 2. The van der Waals surface area contributed by atoms with E-state index >= 15 is 0 Å². The maximum absolute atomic E-state index is 12.1. The number of alkyl halides is 3. The molecular weight excluding hydrogens is 243 g/mol. The van der Waals surface area contributed by atoms with Gasteiger partial charge in [0.1, 0.15) is 5.75 Å². The second-order valence-electron chi connectivity index (χ2n) is 4.61. The summed E-state index contributed by atoms with van der Waals surface area (Å²) in [7, 11) is 3.93. The Balaban J connectivity index is 2.69. The molecule has 0 fully saturated rings. The van der Waals surface area contributed by atoms with E-state index in [4.69, 9.17) is 0 Å². The van der Waals surface area contributed by atoms with Crippen molar-refractivity contribution in [3.8, 4) is 5.75 Å². The van der Waals surface area contributed by atoms with Gasteiger partial charge in [0.15, 0.2) is 0 Å². The van der Waals surface area contributed by atoms with Crippen LogP contribution in [0.5, 0.6) is 5.75 Å². The maximum atomic E-state index is 12.1. The molecule has 18 heavy (non-hydrogen) atoms. The molecule has 1 aromatic rings. The highest BCUT2D eigenvalue weighted by Crippen LogP contribution is 2.25. The summed E-state index contributed by atoms with van der Waals surface area (Å²) in [4.78, 5) is 2.04. The second kappa shape index (κ2) is 6.09. The van der Waals surface area contributed by atoms with Crippen LogP contribution >= 0.6 is 0 Å². The van der Waals surface area contributed by atoms with E-state index in [1.165, 1.54) is 12.1 Å². The Kier molecular flexibility index (Phi) is 5.02. The molecule has 2 nitrogen and oxygen atoms in total. The number of halogens is 3. The van der Waals surface area contributed by atoms with Crippen molar-refractivity contribution in [1.82, 2.24) is 4.90 Å². The van der Waals surface area contributed by atoms with E-state index in [0.717, 1.165) is 30.5 Å². The quantitative estimate of drug-likeness (QED) is 0.805. The number of ether oxygens (including phenoxy) is 1. The highest BCUT2D eigenvalue weighted by Gasteiger charge is 2.31. The molecule has 1 rings (SSSR count). The lowest BCUT2D eigenvalue weighted by Gasteiger charge is -2.12. The van der Waals surface area contributed by atoms with E-state index in [-0.39, 0.29) is 5.75 Å². The Hall–Kier alpha value is -1.23. The van der Waals surface area contributed by atoms with Crippen molar-refractivity contribution in [1.29, 1.82) is 0 Å². The van der Waals surface area contributed by atoms with Crippen molar-refractivity contribution < 1.29 is 17.9 Å². The summed E-state index contributed by atoms with van der Waals surface area (Å²) >= 11 is 0. The van der Waals surface area contributed by atoms with Gasteiger partial charge in [-0.1, -0.05) is 6.07 Å². The van der Waals surface area contributed by atoms with Crippen LogP contribution in [-0.2, 0) is 6.42 Å². The Morgan fingerprint density at radius 1 is 1.17 bits per heavy atom. The van der Waals surface area contributed by atoms with Crippen molar-refractivity contribution in [3.63, 3.8) is 0 Å². The first-order chi connectivity index (χ1) is 8.26. The van der Waals surface area contributed by atoms with Gasteiger partial charge in [0.2, 0.25) is 0 Å². The summed E-state index contributed by atoms with van der Waals surface area (Å²) < 4.78 is 40.3. The van der Waals surface area contributed by atoms with Crippen molar-refractivity contribution in [2.45, 2.75) is 26.1 Å². The van der Waals surface area contributed by atoms with Gasteiger partial charge in [-0.05, 0) is 63.7 Å². The van der Waals surface area contributed by atoms with Crippen LogP contribution in [0, 0.1) is 6.92 Å². The highest BCUT2D eigenvalue weighted by molar-refractivity contribution is 5.34. The summed E-state index contributed by atoms with van der Waals surface area (Å²) in [6.07, 6.45) is -2.98. The average molecular weight is 261 g/mol. The molecule has 0 spiro atoms. The van der Waals surface area contributed by atoms with Gasteiger partial charge in [-0.25, -0.2) is 0 Å². The monoisotopic (exact) mass is 261 g/mol. The normalized spacial score (nSPS) is 11.9. The zero-order valence-electron chi connectivity index (χ0n) is 10.8. The van der Waals surface area contributed by atoms with Crippen LogP contribution in [-0.4, -0.2) is 31.9 Å². The molecule has 0 aliphatic carbocycles. The van der Waals surface area contributed by atoms with Gasteiger partial charge < -0.3 is 9.64 Å². The molecule has 0 atom stereocenters. The zero-order valence-corrected chi connectivity index (χ0v) is 10.8. The molecule has 0 aromatic heterocycles. The summed E-state index contributed by atoms with van der Waals surface area (Å²) in [5, 5.41) is 0. The standard InChI is InChI=1S/C13H18F3NO/c1-10-7-11(5-4-6-17(2)3)9-12(8-10)18-13(14,15)16/h7-9H,4-6H2,1-3H3. The predicted octanol–water partition coefficient (Wildman–Crippen LogP) is 3.39. The van der Waals surface area contributed by atoms with Gasteiger partial charge in [0.05, 0.1) is 0 Å². The Bertz CT molecular complexity index is 388. The Morgan fingerprint density at radius 3 is 2.39 bits per heavy atom. The van der Waals surface area contributed by atoms with E-state index in [9.17, 15) is 13.2 Å². The minimum atomic E-state index is -4.63. The first kappa shape index (κ1) is 14.8. The number of hydrogen-bond acceptors (Lipinski definition) is 2. The lowest BCUT2D eigenvalue weighted by molar-refractivity contribution is -0.274. The molecule has 0 saturated heterocycles. The fraction of sp³-hybridized carbons (Fsp3) is 0.538. The SMILES string of the molecule is Cc1cc(CCCN(C)C)cc(OC(F)(F)F)c1. The van der Waals surface area contributed by atoms with E-state index in [2.05, 4.69) is 4.74 Å². The van der Waals surface area contributed by atoms with Crippen LogP contribution in [0.1, 0.15) is 17.5 Å². The molecule has 0 amide bonds. The summed E-state index contributed by atoms with van der Waals surface area (Å²) in [6, 6.07) is 4.73. The molecule has 0 aliphatic heterocycles. The molecule has 0 saturated carbocycles. The minimum absolute atomic E-state index is 0.137. The molecule has 0 N–H and O–H groups in total. The first-order valence-corrected chi connectivity index (χ1v) is 5.77. The molecule has 0 aliphatic rings. The molecule has 5 heteroatoms. The number of benzene rings is 1. The second-order valence-corrected chi connectivity index (χ2v) is 4.61. The van der Waals surface area contributed by atoms with E-state index in [1.54, 1.807) is 6.92 Å². The lowest BCUT2D eigenvalue weighted by atomic mass is 10.1. The highest BCUT2D eigenvalue weighted by atomic mass is 19.4. The van der Waals surface area contributed by atoms with E-state index in [0.29, 0.717) is 0 Å². The minimum Gasteiger partial charge on any atom is -0.406 e. The molecule has 102 valence electrons. The number of rotatable bonds is 5. The van der Waals surface area contributed by atoms with Crippen molar-refractivity contribution in [2.75, 3.05) is 20.6 Å². The van der Waals surface area contributed by atoms with Gasteiger partial charge in [0, 0.05) is 0 Å². The van der Waals surface area contributed by atoms with Crippen LogP contribution in [0.25, 0.3) is 0 Å². The van der Waals surface area contributed by atoms with Crippen LogP contribution in [0.2, 0.25) is 0 Å². The van der Waals surface area contributed by atoms with Crippen LogP contribution in [0.15, 0.2) is 18.2 Å². The largest absolute Gasteiger partial charge is 0.573 e. The zero-order chi connectivity index (χ0) is 13.8. The van der Waals surface area contributed by atoms with Crippen molar-refractivity contribution in [3.05, 3.63) is 29.3 Å². The molecule has 0 heterocycles. The van der Waals surface area contributed by atoms with E-state index < -0.39 is 6.36 Å². The summed E-state index contributed by atoms with van der Waals surface area (Å²) in [5.74, 6) is -0.137. The third-order valence-electron chi connectivity index (χ3n) is 2.42. The third kappa shape index (κ3) is 5.91. The topological polar surface area (TPSA) is 12.5 Å². The van der Waals surface area contributed by atoms with Gasteiger partial charge >= 0.3 is 6.36 Å². The summed E-state index contributed by atoms with van der Waals surface area (Å²) in [5.41, 5.74) is 1.65. The fourth-order valence-corrected chi connectivity index (χ4v) is 1.76. The third-order valence-corrected chi connectivity index (χ3v) is 2.42. The molecule has 0 unspecified atom stereocenters. The molecule has 0 bridgehead atoms. The van der Waals surface area contributed by atoms with Gasteiger partial charge in [-0.15, -0.1) is 13.2 Å². The fourth-order valence-electron chi connectivity index (χ4n) is 1.76. The molecular formula is C13H18F3NO. The van der Waals surface area contributed by atoms with Crippen LogP contribution in [0.3, 0.4) is 0 Å². The van der Waals surface area contributed by atoms with Gasteiger partial charge in [-0.3, -0.25) is 0 Å². The Labute approximate surface area is 105 Å². The first-order valence-electron chi connectivity index (χ1n) is 5.77.